The summed E-state index contributed by atoms with van der Waals surface area (Å²) in [5.41, 5.74) is 4.61. The lowest BCUT2D eigenvalue weighted by molar-refractivity contribution is -0.136. The fourth-order valence-electron chi connectivity index (χ4n) is 2.54. The maximum atomic E-state index is 10.8. The number of aliphatic carboxylic acids is 1. The van der Waals surface area contributed by atoms with Crippen molar-refractivity contribution in [2.45, 2.75) is 13.3 Å². The average Bonchev–Trinajstić information content (AvgIpc) is 3.36. The summed E-state index contributed by atoms with van der Waals surface area (Å²) in [6, 6.07) is 15.4. The molecule has 3 rings (SSSR count). The van der Waals surface area contributed by atoms with Gasteiger partial charge in [-0.25, -0.2) is 0 Å². The Morgan fingerprint density at radius 2 is 2.04 bits per heavy atom. The highest BCUT2D eigenvalue weighted by atomic mass is 32.1. The topological polar surface area (TPSA) is 67.8 Å². The zero-order valence-electron chi connectivity index (χ0n) is 15.4. The fourth-order valence-corrected chi connectivity index (χ4v) is 4.40. The SMILES string of the molecule is CC=C(NOCCOc1cccc(CC(=O)O)c1)c1ccc(-c2cccs2)s1. The van der Waals surface area contributed by atoms with Crippen LogP contribution in [0.1, 0.15) is 17.4 Å². The molecule has 0 aliphatic carbocycles. The molecule has 0 saturated carbocycles. The van der Waals surface area contributed by atoms with Crippen molar-refractivity contribution in [1.82, 2.24) is 5.48 Å². The first-order valence-corrected chi connectivity index (χ1v) is 10.5. The number of carboxylic acids is 1. The van der Waals surface area contributed by atoms with Crippen LogP contribution in [0.4, 0.5) is 0 Å². The molecule has 0 saturated heterocycles. The molecule has 2 aromatic heterocycles. The van der Waals surface area contributed by atoms with Crippen molar-refractivity contribution in [3.8, 4) is 15.5 Å². The van der Waals surface area contributed by atoms with Gasteiger partial charge < -0.3 is 9.84 Å². The van der Waals surface area contributed by atoms with Crippen molar-refractivity contribution in [1.29, 1.82) is 0 Å². The summed E-state index contributed by atoms with van der Waals surface area (Å²) in [5.74, 6) is -0.230. The zero-order chi connectivity index (χ0) is 19.8. The van der Waals surface area contributed by atoms with E-state index < -0.39 is 5.97 Å². The molecule has 7 heteroatoms. The smallest absolute Gasteiger partial charge is 0.307 e. The summed E-state index contributed by atoms with van der Waals surface area (Å²) < 4.78 is 5.63. The lowest BCUT2D eigenvalue weighted by atomic mass is 10.1. The van der Waals surface area contributed by atoms with E-state index >= 15 is 0 Å². The van der Waals surface area contributed by atoms with Gasteiger partial charge in [0, 0.05) is 9.75 Å². The van der Waals surface area contributed by atoms with Crippen molar-refractivity contribution in [3.05, 3.63) is 70.4 Å². The predicted octanol–water partition coefficient (Wildman–Crippen LogP) is 5.06. The molecular formula is C21H21NO4S2. The molecule has 0 aliphatic heterocycles. The first kappa shape index (κ1) is 20.1. The number of nitrogens with one attached hydrogen (secondary N) is 1. The molecule has 2 N–H and O–H groups in total. The van der Waals surface area contributed by atoms with E-state index in [9.17, 15) is 4.79 Å². The Hall–Kier alpha value is -2.61. The first-order chi connectivity index (χ1) is 13.7. The monoisotopic (exact) mass is 415 g/mol. The van der Waals surface area contributed by atoms with E-state index in [1.807, 2.05) is 13.0 Å². The highest BCUT2D eigenvalue weighted by Crippen LogP contribution is 2.33. The van der Waals surface area contributed by atoms with Gasteiger partial charge in [0.15, 0.2) is 0 Å². The number of benzene rings is 1. The number of hydrogen-bond donors (Lipinski definition) is 2. The van der Waals surface area contributed by atoms with Gasteiger partial charge in [-0.05, 0) is 48.2 Å². The van der Waals surface area contributed by atoms with Gasteiger partial charge in [-0.2, -0.15) is 0 Å². The van der Waals surface area contributed by atoms with Gasteiger partial charge in [-0.15, -0.1) is 22.7 Å². The Labute approximate surface area is 171 Å². The van der Waals surface area contributed by atoms with Gasteiger partial charge in [0.05, 0.1) is 17.0 Å². The molecule has 0 aliphatic rings. The van der Waals surface area contributed by atoms with E-state index in [2.05, 4.69) is 35.1 Å². The minimum atomic E-state index is -0.862. The Kier molecular flexibility index (Phi) is 7.25. The third-order valence-corrected chi connectivity index (χ3v) is 6.00. The molecule has 0 radical (unpaired) electrons. The predicted molar refractivity (Wildman–Crippen MR) is 114 cm³/mol. The molecular weight excluding hydrogens is 394 g/mol. The highest BCUT2D eigenvalue weighted by Gasteiger charge is 2.08. The van der Waals surface area contributed by atoms with E-state index in [0.717, 1.165) is 10.6 Å². The van der Waals surface area contributed by atoms with Crippen molar-refractivity contribution in [2.75, 3.05) is 13.2 Å². The Morgan fingerprint density at radius 1 is 1.14 bits per heavy atom. The summed E-state index contributed by atoms with van der Waals surface area (Å²) >= 11 is 3.44. The van der Waals surface area contributed by atoms with Gasteiger partial charge in [-0.1, -0.05) is 24.3 Å². The lowest BCUT2D eigenvalue weighted by Crippen LogP contribution is -2.17. The third kappa shape index (κ3) is 5.69. The third-order valence-electron chi connectivity index (χ3n) is 3.81. The Morgan fingerprint density at radius 3 is 2.79 bits per heavy atom. The largest absolute Gasteiger partial charge is 0.491 e. The summed E-state index contributed by atoms with van der Waals surface area (Å²) in [6.45, 7) is 2.66. The van der Waals surface area contributed by atoms with Crippen molar-refractivity contribution < 1.29 is 19.5 Å². The Bertz CT molecular complexity index is 932. The van der Waals surface area contributed by atoms with Crippen LogP contribution in [-0.2, 0) is 16.1 Å². The molecule has 0 spiro atoms. The van der Waals surface area contributed by atoms with Crippen LogP contribution in [0.5, 0.6) is 5.75 Å². The summed E-state index contributed by atoms with van der Waals surface area (Å²) in [6.07, 6.45) is 1.95. The molecule has 5 nitrogen and oxygen atoms in total. The standard InChI is InChI=1S/C21H21NO4S2/c1-2-17(18-8-9-20(28-18)19-7-4-12-27-19)22-26-11-10-25-16-6-3-5-15(13-16)14-21(23)24/h2-9,12-13,22H,10-11,14H2,1H3,(H,23,24). The molecule has 0 atom stereocenters. The number of thiophene rings is 2. The maximum absolute atomic E-state index is 10.8. The number of ether oxygens (including phenoxy) is 1. The molecule has 0 unspecified atom stereocenters. The van der Waals surface area contributed by atoms with Gasteiger partial charge >= 0.3 is 5.97 Å². The van der Waals surface area contributed by atoms with Crippen LogP contribution in [0.2, 0.25) is 0 Å². The molecule has 1 aromatic carbocycles. The molecule has 0 amide bonds. The van der Waals surface area contributed by atoms with Crippen LogP contribution < -0.4 is 10.2 Å². The second-order valence-electron chi connectivity index (χ2n) is 5.86. The second kappa shape index (κ2) is 10.1. The highest BCUT2D eigenvalue weighted by molar-refractivity contribution is 7.21. The zero-order valence-corrected chi connectivity index (χ0v) is 17.0. The van der Waals surface area contributed by atoms with Crippen LogP contribution in [0.15, 0.2) is 60.0 Å². The average molecular weight is 416 g/mol. The van der Waals surface area contributed by atoms with Gasteiger partial charge in [0.2, 0.25) is 0 Å². The summed E-state index contributed by atoms with van der Waals surface area (Å²) in [7, 11) is 0. The molecule has 0 fully saturated rings. The maximum Gasteiger partial charge on any atom is 0.307 e. The quantitative estimate of drug-likeness (QED) is 0.358. The molecule has 146 valence electrons. The van der Waals surface area contributed by atoms with Crippen LogP contribution in [0, 0.1) is 0 Å². The number of allylic oxidation sites excluding steroid dienone is 1. The number of rotatable bonds is 10. The lowest BCUT2D eigenvalue weighted by Gasteiger charge is -2.11. The van der Waals surface area contributed by atoms with E-state index in [1.165, 1.54) is 9.75 Å². The molecule has 0 bridgehead atoms. The minimum Gasteiger partial charge on any atom is -0.491 e. The van der Waals surface area contributed by atoms with E-state index in [1.54, 1.807) is 46.9 Å². The van der Waals surface area contributed by atoms with E-state index in [0.29, 0.717) is 24.5 Å². The Balaban J connectivity index is 1.45. The van der Waals surface area contributed by atoms with Gasteiger partial charge in [-0.3, -0.25) is 15.1 Å². The number of carboxylic acid groups (broad SMARTS) is 1. The minimum absolute atomic E-state index is 0.0197. The number of hydrogen-bond acceptors (Lipinski definition) is 6. The fraction of sp³-hybridized carbons (Fsp3) is 0.190. The van der Waals surface area contributed by atoms with Crippen molar-refractivity contribution >= 4 is 34.3 Å². The van der Waals surface area contributed by atoms with E-state index in [-0.39, 0.29) is 6.42 Å². The molecule has 3 aromatic rings. The molecule has 28 heavy (non-hydrogen) atoms. The first-order valence-electron chi connectivity index (χ1n) is 8.77. The van der Waals surface area contributed by atoms with Crippen LogP contribution >= 0.6 is 22.7 Å². The number of carbonyl (C=O) groups is 1. The van der Waals surface area contributed by atoms with Gasteiger partial charge in [0.25, 0.3) is 0 Å². The van der Waals surface area contributed by atoms with Crippen LogP contribution in [0.25, 0.3) is 15.5 Å². The number of hydroxylamine groups is 1. The van der Waals surface area contributed by atoms with E-state index in [4.69, 9.17) is 14.7 Å². The van der Waals surface area contributed by atoms with Crippen LogP contribution in [-0.4, -0.2) is 24.3 Å². The van der Waals surface area contributed by atoms with Crippen molar-refractivity contribution in [3.63, 3.8) is 0 Å². The summed E-state index contributed by atoms with van der Waals surface area (Å²) in [5, 5.41) is 10.9. The van der Waals surface area contributed by atoms with Gasteiger partial charge in [0.1, 0.15) is 19.0 Å². The molecule has 2 heterocycles. The normalized spacial score (nSPS) is 11.4. The van der Waals surface area contributed by atoms with Crippen molar-refractivity contribution in [2.24, 2.45) is 0 Å². The summed E-state index contributed by atoms with van der Waals surface area (Å²) in [4.78, 5) is 19.9. The van der Waals surface area contributed by atoms with Crippen LogP contribution in [0.3, 0.4) is 0 Å². The second-order valence-corrected chi connectivity index (χ2v) is 7.89.